The molecule has 1 aliphatic rings. The van der Waals surface area contributed by atoms with Gasteiger partial charge in [0.1, 0.15) is 6.07 Å². The summed E-state index contributed by atoms with van der Waals surface area (Å²) in [6.45, 7) is 0. The van der Waals surface area contributed by atoms with E-state index in [9.17, 15) is 0 Å². The summed E-state index contributed by atoms with van der Waals surface area (Å²) in [5.74, 6) is 0. The molecule has 3 heteroatoms. The van der Waals surface area contributed by atoms with Gasteiger partial charge in [-0.3, -0.25) is 0 Å². The number of hydrogen-bond acceptors (Lipinski definition) is 2. The largest absolute Gasteiger partial charge is 0.324 e. The van der Waals surface area contributed by atoms with Crippen LogP contribution in [0.2, 0.25) is 5.02 Å². The first kappa shape index (κ1) is 9.51. The molecule has 0 heterocycles. The Kier molecular flexibility index (Phi) is 2.45. The maximum absolute atomic E-state index is 8.82. The number of hydrogen-bond donors (Lipinski definition) is 1. The molecule has 1 aliphatic carbocycles. The first-order chi connectivity index (χ1) is 6.74. The fraction of sp³-hybridized carbons (Fsp3) is 0.364. The Bertz CT molecular complexity index is 406. The van der Waals surface area contributed by atoms with Crippen molar-refractivity contribution in [1.82, 2.24) is 0 Å². The normalized spacial score (nSPS) is 19.9. The van der Waals surface area contributed by atoms with Gasteiger partial charge in [0.05, 0.1) is 10.6 Å². The quantitative estimate of drug-likeness (QED) is 0.709. The van der Waals surface area contributed by atoms with Gasteiger partial charge in [-0.05, 0) is 36.5 Å². The number of rotatable bonds is 0. The Hall–Kier alpha value is -1.04. The van der Waals surface area contributed by atoms with Gasteiger partial charge in [0.2, 0.25) is 0 Å². The first-order valence-electron chi connectivity index (χ1n) is 4.71. The van der Waals surface area contributed by atoms with Crippen LogP contribution in [-0.4, -0.2) is 0 Å². The molecule has 0 saturated carbocycles. The second-order valence-electron chi connectivity index (χ2n) is 3.61. The minimum absolute atomic E-state index is 0.0870. The van der Waals surface area contributed by atoms with Crippen molar-refractivity contribution in [3.05, 3.63) is 33.8 Å². The summed E-state index contributed by atoms with van der Waals surface area (Å²) < 4.78 is 0. The van der Waals surface area contributed by atoms with E-state index in [1.54, 1.807) is 6.07 Å². The fourth-order valence-electron chi connectivity index (χ4n) is 1.98. The van der Waals surface area contributed by atoms with Crippen molar-refractivity contribution in [2.45, 2.75) is 25.3 Å². The summed E-state index contributed by atoms with van der Waals surface area (Å²) in [7, 11) is 0. The van der Waals surface area contributed by atoms with Crippen LogP contribution < -0.4 is 5.73 Å². The van der Waals surface area contributed by atoms with Crippen LogP contribution in [0.5, 0.6) is 0 Å². The lowest BCUT2D eigenvalue weighted by Crippen LogP contribution is -2.17. The summed E-state index contributed by atoms with van der Waals surface area (Å²) >= 11 is 6.11. The highest BCUT2D eigenvalue weighted by atomic mass is 35.5. The monoisotopic (exact) mass is 206 g/mol. The zero-order valence-electron chi connectivity index (χ0n) is 7.76. The van der Waals surface area contributed by atoms with E-state index in [-0.39, 0.29) is 6.04 Å². The first-order valence-corrected chi connectivity index (χ1v) is 5.09. The summed E-state index contributed by atoms with van der Waals surface area (Å²) in [5.41, 5.74) is 8.71. The van der Waals surface area contributed by atoms with Crippen LogP contribution in [-0.2, 0) is 6.42 Å². The molecule has 0 spiro atoms. The highest BCUT2D eigenvalue weighted by Gasteiger charge is 2.20. The number of nitrogens with zero attached hydrogens (tertiary/aromatic N) is 1. The summed E-state index contributed by atoms with van der Waals surface area (Å²) in [6, 6.07) is 5.86. The molecule has 0 aromatic heterocycles. The van der Waals surface area contributed by atoms with Crippen molar-refractivity contribution in [3.8, 4) is 6.07 Å². The second-order valence-corrected chi connectivity index (χ2v) is 3.98. The van der Waals surface area contributed by atoms with Crippen LogP contribution >= 0.6 is 11.6 Å². The van der Waals surface area contributed by atoms with Gasteiger partial charge < -0.3 is 5.73 Å². The van der Waals surface area contributed by atoms with Gasteiger partial charge >= 0.3 is 0 Å². The van der Waals surface area contributed by atoms with Crippen LogP contribution in [0.3, 0.4) is 0 Å². The smallest absolute Gasteiger partial charge is 0.101 e. The van der Waals surface area contributed by atoms with Crippen molar-refractivity contribution in [1.29, 1.82) is 5.26 Å². The van der Waals surface area contributed by atoms with E-state index < -0.39 is 0 Å². The molecule has 0 aliphatic heterocycles. The van der Waals surface area contributed by atoms with Crippen molar-refractivity contribution in [2.24, 2.45) is 5.73 Å². The number of nitriles is 1. The summed E-state index contributed by atoms with van der Waals surface area (Å²) in [5, 5.41) is 9.42. The summed E-state index contributed by atoms with van der Waals surface area (Å²) in [6.07, 6.45) is 3.01. The molecule has 1 aromatic rings. The molecule has 0 radical (unpaired) electrons. The van der Waals surface area contributed by atoms with Crippen LogP contribution in [0, 0.1) is 11.3 Å². The number of halogens is 1. The minimum Gasteiger partial charge on any atom is -0.324 e. The molecule has 0 amide bonds. The lowest BCUT2D eigenvalue weighted by Gasteiger charge is -2.23. The number of nitrogens with two attached hydrogens (primary N) is 1. The zero-order valence-corrected chi connectivity index (χ0v) is 8.51. The molecule has 0 unspecified atom stereocenters. The van der Waals surface area contributed by atoms with Crippen molar-refractivity contribution in [3.63, 3.8) is 0 Å². The number of fused-ring (bicyclic) bond motifs is 1. The molecule has 0 fully saturated rings. The van der Waals surface area contributed by atoms with Crippen molar-refractivity contribution < 1.29 is 0 Å². The van der Waals surface area contributed by atoms with E-state index in [0.717, 1.165) is 30.4 Å². The van der Waals surface area contributed by atoms with Gasteiger partial charge in [-0.25, -0.2) is 0 Å². The molecule has 72 valence electrons. The van der Waals surface area contributed by atoms with Gasteiger partial charge in [0, 0.05) is 6.04 Å². The van der Waals surface area contributed by atoms with Crippen molar-refractivity contribution >= 4 is 11.6 Å². The molecule has 2 rings (SSSR count). The molecule has 0 bridgehead atoms. The summed E-state index contributed by atoms with van der Waals surface area (Å²) in [4.78, 5) is 0. The van der Waals surface area contributed by atoms with Gasteiger partial charge in [-0.1, -0.05) is 17.7 Å². The molecule has 2 N–H and O–H groups in total. The lowest BCUT2D eigenvalue weighted by molar-refractivity contribution is 0.570. The average Bonchev–Trinajstić information content (AvgIpc) is 2.20. The Morgan fingerprint density at radius 2 is 2.29 bits per heavy atom. The van der Waals surface area contributed by atoms with Crippen LogP contribution in [0.15, 0.2) is 12.1 Å². The van der Waals surface area contributed by atoms with Gasteiger partial charge in [0.25, 0.3) is 0 Å². The van der Waals surface area contributed by atoms with E-state index in [4.69, 9.17) is 22.6 Å². The highest BCUT2D eigenvalue weighted by Crippen LogP contribution is 2.34. The molecule has 1 atom stereocenters. The fourth-order valence-corrected chi connectivity index (χ4v) is 2.29. The van der Waals surface area contributed by atoms with Crippen molar-refractivity contribution in [2.75, 3.05) is 0 Å². The maximum Gasteiger partial charge on any atom is 0.101 e. The van der Waals surface area contributed by atoms with Gasteiger partial charge in [-0.2, -0.15) is 5.26 Å². The second kappa shape index (κ2) is 3.61. The standard InChI is InChI=1S/C11H11ClN2/c12-11-7(6-13)4-5-8-9(11)2-1-3-10(8)14/h4-5,10H,1-3,14H2/t10-/m0/s1. The molecule has 2 nitrogen and oxygen atoms in total. The molecule has 1 aromatic carbocycles. The molecule has 0 saturated heterocycles. The Morgan fingerprint density at radius 3 is 3.00 bits per heavy atom. The molecule has 14 heavy (non-hydrogen) atoms. The van der Waals surface area contributed by atoms with Crippen LogP contribution in [0.25, 0.3) is 0 Å². The molecular weight excluding hydrogens is 196 g/mol. The minimum atomic E-state index is 0.0870. The third-order valence-corrected chi connectivity index (χ3v) is 3.17. The third-order valence-electron chi connectivity index (χ3n) is 2.74. The average molecular weight is 207 g/mol. The van der Waals surface area contributed by atoms with Crippen LogP contribution in [0.1, 0.15) is 35.6 Å². The maximum atomic E-state index is 8.82. The predicted octanol–water partition coefficient (Wildman–Crippen LogP) is 2.55. The number of benzene rings is 1. The van der Waals surface area contributed by atoms with E-state index in [1.165, 1.54) is 0 Å². The van der Waals surface area contributed by atoms with Gasteiger partial charge in [-0.15, -0.1) is 0 Å². The van der Waals surface area contributed by atoms with E-state index in [2.05, 4.69) is 6.07 Å². The topological polar surface area (TPSA) is 49.8 Å². The highest BCUT2D eigenvalue weighted by molar-refractivity contribution is 6.32. The predicted molar refractivity (Wildman–Crippen MR) is 56.0 cm³/mol. The zero-order chi connectivity index (χ0) is 10.1. The Labute approximate surface area is 88.3 Å². The van der Waals surface area contributed by atoms with E-state index >= 15 is 0 Å². The van der Waals surface area contributed by atoms with E-state index in [0.29, 0.717) is 10.6 Å². The van der Waals surface area contributed by atoms with Gasteiger partial charge in [0.15, 0.2) is 0 Å². The SMILES string of the molecule is N#Cc1ccc2c(c1Cl)CCC[C@@H]2N. The molecular formula is C11H11ClN2. The Balaban J connectivity index is 2.59. The third kappa shape index (κ3) is 1.39. The Morgan fingerprint density at radius 1 is 1.50 bits per heavy atom. The lowest BCUT2D eigenvalue weighted by atomic mass is 9.87. The van der Waals surface area contributed by atoms with Crippen LogP contribution in [0.4, 0.5) is 0 Å². The van der Waals surface area contributed by atoms with E-state index in [1.807, 2.05) is 6.07 Å².